The molecule has 1 saturated heterocycles. The van der Waals surface area contributed by atoms with Gasteiger partial charge in [0.15, 0.2) is 11.5 Å². The smallest absolute Gasteiger partial charge is 0.163 e. The molecule has 3 rings (SSSR count). The minimum atomic E-state index is 0.216. The van der Waals surface area contributed by atoms with Crippen molar-refractivity contribution in [1.29, 1.82) is 0 Å². The SMILES string of the molecule is CNC1(C)CCN(c2ccc3c(c2)OCCO3)C1. The third kappa shape index (κ3) is 2.01. The maximum atomic E-state index is 5.63. The van der Waals surface area contributed by atoms with Crippen LogP contribution in [0, 0.1) is 0 Å². The van der Waals surface area contributed by atoms with Crippen molar-refractivity contribution in [2.75, 3.05) is 38.3 Å². The first-order valence-electron chi connectivity index (χ1n) is 6.54. The van der Waals surface area contributed by atoms with Crippen LogP contribution in [0.25, 0.3) is 0 Å². The van der Waals surface area contributed by atoms with E-state index in [0.29, 0.717) is 13.2 Å². The Morgan fingerprint density at radius 3 is 2.72 bits per heavy atom. The lowest BCUT2D eigenvalue weighted by molar-refractivity contribution is 0.171. The van der Waals surface area contributed by atoms with Crippen LogP contribution >= 0.6 is 0 Å². The Morgan fingerprint density at radius 1 is 1.22 bits per heavy atom. The maximum absolute atomic E-state index is 5.63. The van der Waals surface area contributed by atoms with Crippen LogP contribution < -0.4 is 19.7 Å². The Kier molecular flexibility index (Phi) is 2.82. The number of rotatable bonds is 2. The van der Waals surface area contributed by atoms with Crippen molar-refractivity contribution in [3.8, 4) is 11.5 Å². The largest absolute Gasteiger partial charge is 0.486 e. The molecule has 18 heavy (non-hydrogen) atoms. The van der Waals surface area contributed by atoms with Crippen LogP contribution in [-0.2, 0) is 0 Å². The highest BCUT2D eigenvalue weighted by Gasteiger charge is 2.32. The van der Waals surface area contributed by atoms with Gasteiger partial charge >= 0.3 is 0 Å². The van der Waals surface area contributed by atoms with Gasteiger partial charge in [0.25, 0.3) is 0 Å². The van der Waals surface area contributed by atoms with Gasteiger partial charge in [-0.3, -0.25) is 0 Å². The van der Waals surface area contributed by atoms with Crippen molar-refractivity contribution in [3.05, 3.63) is 18.2 Å². The normalized spacial score (nSPS) is 26.4. The van der Waals surface area contributed by atoms with Gasteiger partial charge in [0, 0.05) is 30.4 Å². The monoisotopic (exact) mass is 248 g/mol. The van der Waals surface area contributed by atoms with Gasteiger partial charge in [-0.2, -0.15) is 0 Å². The minimum Gasteiger partial charge on any atom is -0.486 e. The molecule has 2 heterocycles. The van der Waals surface area contributed by atoms with Crippen LogP contribution in [0.4, 0.5) is 5.69 Å². The summed E-state index contributed by atoms with van der Waals surface area (Å²) in [6.45, 7) is 5.67. The summed E-state index contributed by atoms with van der Waals surface area (Å²) in [5.41, 5.74) is 1.44. The predicted octanol–water partition coefficient (Wildman–Crippen LogP) is 1.65. The molecule has 0 saturated carbocycles. The van der Waals surface area contributed by atoms with Crippen molar-refractivity contribution in [2.24, 2.45) is 0 Å². The average molecular weight is 248 g/mol. The molecule has 0 radical (unpaired) electrons. The average Bonchev–Trinajstić information content (AvgIpc) is 2.82. The van der Waals surface area contributed by atoms with Crippen LogP contribution in [0.2, 0.25) is 0 Å². The summed E-state index contributed by atoms with van der Waals surface area (Å²) >= 11 is 0. The van der Waals surface area contributed by atoms with E-state index < -0.39 is 0 Å². The third-order valence-electron chi connectivity index (χ3n) is 3.97. The van der Waals surface area contributed by atoms with Gasteiger partial charge in [0.05, 0.1) is 0 Å². The molecule has 98 valence electrons. The van der Waals surface area contributed by atoms with Crippen LogP contribution in [0.5, 0.6) is 11.5 Å². The number of benzene rings is 1. The van der Waals surface area contributed by atoms with Crippen molar-refractivity contribution >= 4 is 5.69 Å². The van der Waals surface area contributed by atoms with Gasteiger partial charge in [0.2, 0.25) is 0 Å². The lowest BCUT2D eigenvalue weighted by atomic mass is 10.0. The first-order valence-corrected chi connectivity index (χ1v) is 6.54. The van der Waals surface area contributed by atoms with E-state index in [-0.39, 0.29) is 5.54 Å². The Labute approximate surface area is 108 Å². The molecule has 1 aromatic rings. The zero-order chi connectivity index (χ0) is 12.6. The van der Waals surface area contributed by atoms with Crippen LogP contribution in [0.15, 0.2) is 18.2 Å². The zero-order valence-corrected chi connectivity index (χ0v) is 11.0. The Morgan fingerprint density at radius 2 is 2.00 bits per heavy atom. The van der Waals surface area contributed by atoms with E-state index in [0.717, 1.165) is 31.0 Å². The van der Waals surface area contributed by atoms with Gasteiger partial charge < -0.3 is 19.7 Å². The maximum Gasteiger partial charge on any atom is 0.163 e. The molecule has 0 amide bonds. The number of anilines is 1. The molecule has 1 atom stereocenters. The molecular weight excluding hydrogens is 228 g/mol. The van der Waals surface area contributed by atoms with Gasteiger partial charge in [-0.25, -0.2) is 0 Å². The van der Waals surface area contributed by atoms with Gasteiger partial charge in [-0.05, 0) is 32.5 Å². The van der Waals surface area contributed by atoms with Crippen molar-refractivity contribution in [3.63, 3.8) is 0 Å². The molecule has 4 heteroatoms. The fourth-order valence-corrected chi connectivity index (χ4v) is 2.61. The molecule has 1 unspecified atom stereocenters. The van der Waals surface area contributed by atoms with E-state index in [2.05, 4.69) is 29.3 Å². The summed E-state index contributed by atoms with van der Waals surface area (Å²) < 4.78 is 11.2. The quantitative estimate of drug-likeness (QED) is 0.863. The van der Waals surface area contributed by atoms with E-state index in [1.807, 2.05) is 13.1 Å². The van der Waals surface area contributed by atoms with E-state index in [4.69, 9.17) is 9.47 Å². The van der Waals surface area contributed by atoms with Crippen molar-refractivity contribution in [1.82, 2.24) is 5.32 Å². The number of fused-ring (bicyclic) bond motifs is 1. The summed E-state index contributed by atoms with van der Waals surface area (Å²) in [4.78, 5) is 2.40. The first-order chi connectivity index (χ1) is 8.70. The Balaban J connectivity index is 1.81. The molecule has 2 aliphatic rings. The van der Waals surface area contributed by atoms with Crippen molar-refractivity contribution in [2.45, 2.75) is 18.9 Å². The fourth-order valence-electron chi connectivity index (χ4n) is 2.61. The summed E-state index contributed by atoms with van der Waals surface area (Å²) in [6.07, 6.45) is 1.16. The molecule has 4 nitrogen and oxygen atoms in total. The molecule has 0 aromatic heterocycles. The highest BCUT2D eigenvalue weighted by Crippen LogP contribution is 2.36. The lowest BCUT2D eigenvalue weighted by Gasteiger charge is -2.26. The highest BCUT2D eigenvalue weighted by molar-refractivity contribution is 5.57. The third-order valence-corrected chi connectivity index (χ3v) is 3.97. The van der Waals surface area contributed by atoms with Crippen LogP contribution in [0.1, 0.15) is 13.3 Å². The summed E-state index contributed by atoms with van der Waals surface area (Å²) in [5.74, 6) is 1.73. The van der Waals surface area contributed by atoms with Crippen LogP contribution in [-0.4, -0.2) is 38.9 Å². The molecule has 2 aliphatic heterocycles. The van der Waals surface area contributed by atoms with Gasteiger partial charge in [0.1, 0.15) is 13.2 Å². The summed E-state index contributed by atoms with van der Waals surface area (Å²) in [6, 6.07) is 6.23. The Bertz CT molecular complexity index is 449. The lowest BCUT2D eigenvalue weighted by Crippen LogP contribution is -2.42. The van der Waals surface area contributed by atoms with Crippen molar-refractivity contribution < 1.29 is 9.47 Å². The van der Waals surface area contributed by atoms with E-state index >= 15 is 0 Å². The zero-order valence-electron chi connectivity index (χ0n) is 11.0. The van der Waals surface area contributed by atoms with Gasteiger partial charge in [-0.15, -0.1) is 0 Å². The number of hydrogen-bond acceptors (Lipinski definition) is 4. The number of ether oxygens (including phenoxy) is 2. The predicted molar refractivity (Wildman–Crippen MR) is 71.7 cm³/mol. The second-order valence-corrected chi connectivity index (χ2v) is 5.31. The molecule has 1 fully saturated rings. The number of nitrogens with zero attached hydrogens (tertiary/aromatic N) is 1. The minimum absolute atomic E-state index is 0.216. The molecule has 0 spiro atoms. The van der Waals surface area contributed by atoms with E-state index in [1.54, 1.807) is 0 Å². The topological polar surface area (TPSA) is 33.7 Å². The molecule has 0 aliphatic carbocycles. The highest BCUT2D eigenvalue weighted by atomic mass is 16.6. The number of hydrogen-bond donors (Lipinski definition) is 1. The molecule has 1 aromatic carbocycles. The van der Waals surface area contributed by atoms with E-state index in [9.17, 15) is 0 Å². The summed E-state index contributed by atoms with van der Waals surface area (Å²) in [5, 5.41) is 3.40. The Hall–Kier alpha value is -1.42. The number of likely N-dealkylation sites (N-methyl/N-ethyl adjacent to an activating group) is 1. The van der Waals surface area contributed by atoms with Crippen LogP contribution in [0.3, 0.4) is 0 Å². The summed E-state index contributed by atoms with van der Waals surface area (Å²) in [7, 11) is 2.04. The molecule has 1 N–H and O–H groups in total. The molecular formula is C14H20N2O2. The fraction of sp³-hybridized carbons (Fsp3) is 0.571. The standard InChI is InChI=1S/C14H20N2O2/c1-14(15-2)5-6-16(10-14)11-3-4-12-13(9-11)18-8-7-17-12/h3-4,9,15H,5-8,10H2,1-2H3. The van der Waals surface area contributed by atoms with Gasteiger partial charge in [-0.1, -0.05) is 0 Å². The van der Waals surface area contributed by atoms with E-state index in [1.165, 1.54) is 5.69 Å². The molecule has 0 bridgehead atoms. The number of nitrogens with one attached hydrogen (secondary N) is 1. The second kappa shape index (κ2) is 4.35. The first kappa shape index (κ1) is 11.7. The second-order valence-electron chi connectivity index (χ2n) is 5.31.